The second-order valence-electron chi connectivity index (χ2n) is 5.76. The number of aryl methyl sites for hydroxylation is 1. The zero-order valence-corrected chi connectivity index (χ0v) is 14.9. The minimum Gasteiger partial charge on any atom is -0.449 e. The van der Waals surface area contributed by atoms with E-state index in [1.807, 2.05) is 6.92 Å². The average Bonchev–Trinajstić information content (AvgIpc) is 2.64. The first-order valence-corrected chi connectivity index (χ1v) is 8.30. The zero-order chi connectivity index (χ0) is 18.7. The Morgan fingerprint density at radius 2 is 1.81 bits per heavy atom. The van der Waals surface area contributed by atoms with Gasteiger partial charge in [0.25, 0.3) is 5.91 Å². The van der Waals surface area contributed by atoms with Crippen molar-refractivity contribution < 1.29 is 14.3 Å². The molecule has 3 aromatic rings. The molecule has 1 aromatic heterocycles. The zero-order valence-electron chi connectivity index (χ0n) is 14.2. The van der Waals surface area contributed by atoms with Gasteiger partial charge < -0.3 is 10.1 Å². The number of benzene rings is 2. The van der Waals surface area contributed by atoms with Gasteiger partial charge in [-0.1, -0.05) is 17.7 Å². The van der Waals surface area contributed by atoms with Gasteiger partial charge in [-0.05, 0) is 49.7 Å². The van der Waals surface area contributed by atoms with E-state index in [0.717, 1.165) is 5.56 Å². The van der Waals surface area contributed by atoms with Crippen LogP contribution in [0, 0.1) is 6.92 Å². The number of hydrogen-bond acceptors (Lipinski definition) is 5. The van der Waals surface area contributed by atoms with Crippen molar-refractivity contribution in [2.75, 3.05) is 5.32 Å². The van der Waals surface area contributed by atoms with Crippen molar-refractivity contribution in [1.29, 1.82) is 0 Å². The third-order valence-corrected chi connectivity index (χ3v) is 4.05. The second kappa shape index (κ2) is 7.49. The maximum Gasteiger partial charge on any atom is 0.338 e. The van der Waals surface area contributed by atoms with Crippen molar-refractivity contribution in [2.24, 2.45) is 0 Å². The summed E-state index contributed by atoms with van der Waals surface area (Å²) in [6, 6.07) is 10.0. The number of aromatic nitrogens is 2. The van der Waals surface area contributed by atoms with Gasteiger partial charge >= 0.3 is 5.97 Å². The number of esters is 1. The minimum absolute atomic E-state index is 0.302. The normalized spacial score (nSPS) is 11.8. The van der Waals surface area contributed by atoms with Gasteiger partial charge in [0.15, 0.2) is 6.10 Å². The quantitative estimate of drug-likeness (QED) is 0.708. The highest BCUT2D eigenvalue weighted by Crippen LogP contribution is 2.20. The molecule has 6 nitrogen and oxygen atoms in total. The summed E-state index contributed by atoms with van der Waals surface area (Å²) >= 11 is 5.94. The minimum atomic E-state index is -0.974. The fourth-order valence-electron chi connectivity index (χ4n) is 2.34. The molecule has 0 saturated heterocycles. The lowest BCUT2D eigenvalue weighted by molar-refractivity contribution is -0.123. The molecule has 3 rings (SSSR count). The fraction of sp³-hybridized carbons (Fsp3) is 0.158. The lowest BCUT2D eigenvalue weighted by atomic mass is 10.2. The number of rotatable bonds is 4. The Morgan fingerprint density at radius 1 is 1.08 bits per heavy atom. The summed E-state index contributed by atoms with van der Waals surface area (Å²) in [5, 5.41) is 3.22. The van der Waals surface area contributed by atoms with Gasteiger partial charge in [0.1, 0.15) is 0 Å². The molecule has 7 heteroatoms. The third-order valence-electron chi connectivity index (χ3n) is 3.82. The largest absolute Gasteiger partial charge is 0.449 e. The summed E-state index contributed by atoms with van der Waals surface area (Å²) in [6.45, 7) is 3.35. The van der Waals surface area contributed by atoms with Crippen LogP contribution in [0.2, 0.25) is 5.02 Å². The molecule has 0 aliphatic heterocycles. The van der Waals surface area contributed by atoms with E-state index in [0.29, 0.717) is 27.3 Å². The molecule has 1 amide bonds. The van der Waals surface area contributed by atoms with E-state index in [4.69, 9.17) is 16.3 Å². The molecule has 0 spiro atoms. The SMILES string of the molecule is Cc1ccc(Cl)cc1NC(=O)[C@H](C)OC(=O)c1ccc2nccnc2c1. The van der Waals surface area contributed by atoms with E-state index in [1.54, 1.807) is 48.8 Å². The van der Waals surface area contributed by atoms with Crippen molar-refractivity contribution in [3.05, 3.63) is 64.9 Å². The van der Waals surface area contributed by atoms with Crippen LogP contribution in [-0.2, 0) is 9.53 Å². The maximum absolute atomic E-state index is 12.3. The molecule has 0 bridgehead atoms. The highest BCUT2D eigenvalue weighted by Gasteiger charge is 2.20. The van der Waals surface area contributed by atoms with E-state index in [9.17, 15) is 9.59 Å². The van der Waals surface area contributed by atoms with Crippen molar-refractivity contribution in [1.82, 2.24) is 9.97 Å². The van der Waals surface area contributed by atoms with E-state index in [2.05, 4.69) is 15.3 Å². The van der Waals surface area contributed by atoms with Gasteiger partial charge in [0, 0.05) is 23.1 Å². The fourth-order valence-corrected chi connectivity index (χ4v) is 2.51. The van der Waals surface area contributed by atoms with E-state index in [1.165, 1.54) is 6.92 Å². The molecule has 1 atom stereocenters. The Morgan fingerprint density at radius 3 is 2.58 bits per heavy atom. The van der Waals surface area contributed by atoms with Crippen LogP contribution in [0.1, 0.15) is 22.8 Å². The number of carbonyl (C=O) groups is 2. The Hall–Kier alpha value is -2.99. The highest BCUT2D eigenvalue weighted by molar-refractivity contribution is 6.31. The summed E-state index contributed by atoms with van der Waals surface area (Å²) in [7, 11) is 0. The molecule has 0 radical (unpaired) electrons. The third kappa shape index (κ3) is 3.97. The Balaban J connectivity index is 1.69. The lowest BCUT2D eigenvalue weighted by Gasteiger charge is -2.15. The van der Waals surface area contributed by atoms with Gasteiger partial charge in [0.2, 0.25) is 0 Å². The van der Waals surface area contributed by atoms with Crippen LogP contribution in [-0.4, -0.2) is 27.9 Å². The highest BCUT2D eigenvalue weighted by atomic mass is 35.5. The standard InChI is InChI=1S/C19H16ClN3O3/c1-11-3-5-14(20)10-16(11)23-18(24)12(2)26-19(25)13-4-6-15-17(9-13)22-8-7-21-15/h3-10,12H,1-2H3,(H,23,24)/t12-/m0/s1. The van der Waals surface area contributed by atoms with Gasteiger partial charge in [-0.25, -0.2) is 4.79 Å². The molecular weight excluding hydrogens is 354 g/mol. The van der Waals surface area contributed by atoms with Crippen LogP contribution in [0.25, 0.3) is 11.0 Å². The first kappa shape index (κ1) is 17.8. The van der Waals surface area contributed by atoms with Crippen LogP contribution < -0.4 is 5.32 Å². The topological polar surface area (TPSA) is 81.2 Å². The first-order chi connectivity index (χ1) is 12.4. The molecule has 0 unspecified atom stereocenters. The van der Waals surface area contributed by atoms with Crippen molar-refractivity contribution in [3.63, 3.8) is 0 Å². The average molecular weight is 370 g/mol. The number of hydrogen-bond donors (Lipinski definition) is 1. The predicted octanol–water partition coefficient (Wildman–Crippen LogP) is 3.78. The number of amides is 1. The Kier molecular flexibility index (Phi) is 5.14. The van der Waals surface area contributed by atoms with E-state index < -0.39 is 18.0 Å². The number of halogens is 1. The summed E-state index contributed by atoms with van der Waals surface area (Å²) in [6.07, 6.45) is 2.14. The number of carbonyl (C=O) groups excluding carboxylic acids is 2. The number of fused-ring (bicyclic) bond motifs is 1. The molecule has 0 aliphatic carbocycles. The Labute approximate surface area is 155 Å². The maximum atomic E-state index is 12.3. The molecule has 1 N–H and O–H groups in total. The van der Waals surface area contributed by atoms with Gasteiger partial charge in [-0.3, -0.25) is 14.8 Å². The summed E-state index contributed by atoms with van der Waals surface area (Å²) in [4.78, 5) is 32.9. The summed E-state index contributed by atoms with van der Waals surface area (Å²) in [5.74, 6) is -1.05. The van der Waals surface area contributed by atoms with Crippen LogP contribution >= 0.6 is 11.6 Å². The number of nitrogens with one attached hydrogen (secondary N) is 1. The smallest absolute Gasteiger partial charge is 0.338 e. The molecule has 0 aliphatic rings. The molecule has 2 aromatic carbocycles. The van der Waals surface area contributed by atoms with Gasteiger partial charge in [-0.15, -0.1) is 0 Å². The molecule has 0 saturated carbocycles. The van der Waals surface area contributed by atoms with E-state index in [-0.39, 0.29) is 0 Å². The predicted molar refractivity (Wildman–Crippen MR) is 99.2 cm³/mol. The number of nitrogens with zero attached hydrogens (tertiary/aromatic N) is 2. The van der Waals surface area contributed by atoms with Gasteiger partial charge in [0.05, 0.1) is 16.6 Å². The van der Waals surface area contributed by atoms with Crippen molar-refractivity contribution >= 4 is 40.2 Å². The van der Waals surface area contributed by atoms with Gasteiger partial charge in [-0.2, -0.15) is 0 Å². The second-order valence-corrected chi connectivity index (χ2v) is 6.19. The van der Waals surface area contributed by atoms with Crippen LogP contribution in [0.3, 0.4) is 0 Å². The monoisotopic (exact) mass is 369 g/mol. The number of ether oxygens (including phenoxy) is 1. The van der Waals surface area contributed by atoms with Crippen LogP contribution in [0.15, 0.2) is 48.8 Å². The molecule has 132 valence electrons. The van der Waals surface area contributed by atoms with E-state index >= 15 is 0 Å². The van der Waals surface area contributed by atoms with Crippen molar-refractivity contribution in [3.8, 4) is 0 Å². The lowest BCUT2D eigenvalue weighted by Crippen LogP contribution is -2.30. The molecule has 26 heavy (non-hydrogen) atoms. The summed E-state index contributed by atoms with van der Waals surface area (Å²) in [5.41, 5.74) is 2.98. The molecular formula is C19H16ClN3O3. The molecule has 1 heterocycles. The summed E-state index contributed by atoms with van der Waals surface area (Å²) < 4.78 is 5.26. The Bertz CT molecular complexity index is 991. The van der Waals surface area contributed by atoms with Crippen LogP contribution in [0.5, 0.6) is 0 Å². The first-order valence-electron chi connectivity index (χ1n) is 7.93. The molecule has 0 fully saturated rings. The number of anilines is 1. The van der Waals surface area contributed by atoms with Crippen molar-refractivity contribution in [2.45, 2.75) is 20.0 Å². The van der Waals surface area contributed by atoms with Crippen LogP contribution in [0.4, 0.5) is 5.69 Å².